The maximum absolute atomic E-state index is 14.2. The molecule has 2 aliphatic carbocycles. The minimum atomic E-state index is -0.755. The van der Waals surface area contributed by atoms with Crippen LogP contribution in [-0.4, -0.2) is 59.3 Å². The number of para-hydroxylation sites is 3. The number of anilines is 2. The van der Waals surface area contributed by atoms with Gasteiger partial charge in [-0.25, -0.2) is 18.8 Å². The highest BCUT2D eigenvalue weighted by Crippen LogP contribution is 2.37. The van der Waals surface area contributed by atoms with Gasteiger partial charge in [0.05, 0.1) is 42.3 Å². The number of carbonyl (C=O) groups is 2. The molecule has 2 heterocycles. The standard InChI is InChI=1S/C35H37FN6O4.H2/c1-23(41(35(45)37-27-16-14-26(36)15-17-27)30-8-4-5-9-31(30)46-22-24-10-11-24)32-38-29-7-3-2-6-28(29)34(44)42(32)40-20-18-39(19-21-40)33(43)25-12-13-25;/h2-9,14-17,23-25H,10-13,18-22H2,1H3,(H,37,45);1H. The number of amides is 3. The monoisotopic (exact) mass is 626 g/mol. The molecule has 0 spiro atoms. The van der Waals surface area contributed by atoms with E-state index in [4.69, 9.17) is 9.72 Å². The maximum atomic E-state index is 14.2. The zero-order chi connectivity index (χ0) is 31.8. The zero-order valence-electron chi connectivity index (χ0n) is 25.8. The number of ether oxygens (including phenoxy) is 1. The molecule has 1 saturated heterocycles. The second kappa shape index (κ2) is 12.5. The fourth-order valence-corrected chi connectivity index (χ4v) is 5.99. The minimum Gasteiger partial charge on any atom is -0.491 e. The molecule has 1 aromatic heterocycles. The summed E-state index contributed by atoms with van der Waals surface area (Å²) >= 11 is 0. The average molecular weight is 627 g/mol. The van der Waals surface area contributed by atoms with Crippen LogP contribution < -0.4 is 25.5 Å². The first-order chi connectivity index (χ1) is 22.4. The lowest BCUT2D eigenvalue weighted by molar-refractivity contribution is -0.133. The number of rotatable bonds is 9. The number of hydrogen-bond acceptors (Lipinski definition) is 6. The van der Waals surface area contributed by atoms with Crippen molar-refractivity contribution >= 4 is 34.2 Å². The Bertz CT molecular complexity index is 1820. The van der Waals surface area contributed by atoms with E-state index in [1.54, 1.807) is 27.8 Å². The number of benzene rings is 3. The Balaban J connectivity index is 0.00000386. The number of piperazine rings is 1. The number of carbonyl (C=O) groups excluding carboxylic acids is 2. The molecule has 11 heteroatoms. The Morgan fingerprint density at radius 3 is 2.39 bits per heavy atom. The summed E-state index contributed by atoms with van der Waals surface area (Å²) in [6, 6.07) is 18.8. The first-order valence-corrected chi connectivity index (χ1v) is 16.0. The van der Waals surface area contributed by atoms with Gasteiger partial charge in [-0.05, 0) is 87.1 Å². The van der Waals surface area contributed by atoms with Crippen molar-refractivity contribution in [3.8, 4) is 5.75 Å². The lowest BCUT2D eigenvalue weighted by atomic mass is 10.1. The number of halogens is 1. The van der Waals surface area contributed by atoms with E-state index >= 15 is 0 Å². The first-order valence-electron chi connectivity index (χ1n) is 16.0. The Labute approximate surface area is 267 Å². The van der Waals surface area contributed by atoms with E-state index in [0.29, 0.717) is 72.6 Å². The van der Waals surface area contributed by atoms with Gasteiger partial charge in [0.25, 0.3) is 5.56 Å². The summed E-state index contributed by atoms with van der Waals surface area (Å²) in [6.07, 6.45) is 4.10. The number of fused-ring (bicyclic) bond motifs is 1. The van der Waals surface area contributed by atoms with Crippen molar-refractivity contribution < 1.29 is 20.1 Å². The van der Waals surface area contributed by atoms with Gasteiger partial charge in [-0.1, -0.05) is 24.3 Å². The highest BCUT2D eigenvalue weighted by atomic mass is 19.1. The molecule has 1 aliphatic heterocycles. The molecule has 3 amide bonds. The molecule has 4 aromatic rings. The van der Waals surface area contributed by atoms with Gasteiger partial charge in [-0.3, -0.25) is 14.5 Å². The lowest BCUT2D eigenvalue weighted by Crippen LogP contribution is -2.57. The Hall–Kier alpha value is -4.93. The van der Waals surface area contributed by atoms with Crippen LogP contribution in [0.4, 0.5) is 20.6 Å². The SMILES string of the molecule is CC(c1nc2ccccc2c(=O)n1N1CCN(C(=O)C2CC2)CC1)N(C(=O)Nc1ccc(F)cc1)c1ccccc1OCC1CC1.[HH]. The van der Waals surface area contributed by atoms with Gasteiger partial charge in [0.2, 0.25) is 5.91 Å². The molecule has 0 bridgehead atoms. The summed E-state index contributed by atoms with van der Waals surface area (Å²) in [7, 11) is 0. The van der Waals surface area contributed by atoms with Gasteiger partial charge in [0.15, 0.2) is 5.82 Å². The molecular formula is C35H39FN6O4. The lowest BCUT2D eigenvalue weighted by Gasteiger charge is -2.39. The number of nitrogens with zero attached hydrogens (tertiary/aromatic N) is 5. The molecule has 7 rings (SSSR count). The van der Waals surface area contributed by atoms with Crippen LogP contribution in [-0.2, 0) is 4.79 Å². The minimum absolute atomic E-state index is 0. The fraction of sp³-hybridized carbons (Fsp3) is 0.371. The quantitative estimate of drug-likeness (QED) is 0.261. The third-order valence-corrected chi connectivity index (χ3v) is 8.93. The van der Waals surface area contributed by atoms with E-state index in [1.807, 2.05) is 47.2 Å². The molecule has 3 aliphatic rings. The van der Waals surface area contributed by atoms with Gasteiger partial charge in [0, 0.05) is 26.1 Å². The van der Waals surface area contributed by atoms with E-state index in [0.717, 1.165) is 25.7 Å². The van der Waals surface area contributed by atoms with Crippen molar-refractivity contribution in [1.82, 2.24) is 14.6 Å². The normalized spacial score (nSPS) is 17.1. The van der Waals surface area contributed by atoms with E-state index < -0.39 is 17.9 Å². The molecule has 240 valence electrons. The van der Waals surface area contributed by atoms with E-state index in [2.05, 4.69) is 5.32 Å². The fourth-order valence-electron chi connectivity index (χ4n) is 5.99. The number of aromatic nitrogens is 2. The van der Waals surface area contributed by atoms with Crippen LogP contribution >= 0.6 is 0 Å². The largest absolute Gasteiger partial charge is 0.491 e. The summed E-state index contributed by atoms with van der Waals surface area (Å²) in [5.41, 5.74) is 1.21. The Kier molecular flexibility index (Phi) is 8.06. The topological polar surface area (TPSA) is 100 Å². The predicted octanol–water partition coefficient (Wildman–Crippen LogP) is 5.56. The van der Waals surface area contributed by atoms with Gasteiger partial charge in [-0.2, -0.15) is 0 Å². The molecule has 2 saturated carbocycles. The van der Waals surface area contributed by atoms with E-state index in [-0.39, 0.29) is 18.8 Å². The van der Waals surface area contributed by atoms with Gasteiger partial charge in [0.1, 0.15) is 11.6 Å². The summed E-state index contributed by atoms with van der Waals surface area (Å²) in [5.74, 6) is 1.30. The van der Waals surface area contributed by atoms with Crippen molar-refractivity contribution in [2.45, 2.75) is 38.6 Å². The third kappa shape index (κ3) is 6.14. The molecule has 1 atom stereocenters. The molecule has 10 nitrogen and oxygen atoms in total. The van der Waals surface area contributed by atoms with Crippen LogP contribution in [0, 0.1) is 17.7 Å². The summed E-state index contributed by atoms with van der Waals surface area (Å²) in [4.78, 5) is 49.6. The molecule has 1 N–H and O–H groups in total. The van der Waals surface area contributed by atoms with E-state index in [1.165, 1.54) is 24.3 Å². The highest BCUT2D eigenvalue weighted by molar-refractivity contribution is 6.03. The molecular weight excluding hydrogens is 587 g/mol. The van der Waals surface area contributed by atoms with Crippen LogP contribution in [0.5, 0.6) is 5.75 Å². The summed E-state index contributed by atoms with van der Waals surface area (Å²) in [6.45, 7) is 4.26. The van der Waals surface area contributed by atoms with Crippen molar-refractivity contribution in [3.63, 3.8) is 0 Å². The van der Waals surface area contributed by atoms with Crippen molar-refractivity contribution in [2.75, 3.05) is 48.0 Å². The molecule has 46 heavy (non-hydrogen) atoms. The molecule has 3 fully saturated rings. The Morgan fingerprint density at radius 1 is 0.978 bits per heavy atom. The van der Waals surface area contributed by atoms with Gasteiger partial charge >= 0.3 is 6.03 Å². The molecule has 1 unspecified atom stereocenters. The number of nitrogens with one attached hydrogen (secondary N) is 1. The van der Waals surface area contributed by atoms with Gasteiger partial charge in [-0.15, -0.1) is 0 Å². The summed E-state index contributed by atoms with van der Waals surface area (Å²) in [5, 5.41) is 5.29. The van der Waals surface area contributed by atoms with Crippen LogP contribution in [0.1, 0.15) is 45.9 Å². The third-order valence-electron chi connectivity index (χ3n) is 8.93. The number of urea groups is 1. The highest BCUT2D eigenvalue weighted by Gasteiger charge is 2.36. The van der Waals surface area contributed by atoms with Crippen LogP contribution in [0.2, 0.25) is 0 Å². The summed E-state index contributed by atoms with van der Waals surface area (Å²) < 4.78 is 21.5. The molecule has 3 aromatic carbocycles. The first kappa shape index (κ1) is 29.8. The zero-order valence-corrected chi connectivity index (χ0v) is 25.8. The van der Waals surface area contributed by atoms with Crippen molar-refractivity contribution in [3.05, 3.63) is 94.8 Å². The van der Waals surface area contributed by atoms with Crippen LogP contribution in [0.15, 0.2) is 77.6 Å². The average Bonchev–Trinajstić information content (AvgIpc) is 4.01. The second-order valence-electron chi connectivity index (χ2n) is 12.4. The smallest absolute Gasteiger partial charge is 0.327 e. The van der Waals surface area contributed by atoms with Crippen LogP contribution in [0.3, 0.4) is 0 Å². The van der Waals surface area contributed by atoms with E-state index in [9.17, 15) is 18.8 Å². The maximum Gasteiger partial charge on any atom is 0.327 e. The Morgan fingerprint density at radius 2 is 1.67 bits per heavy atom. The molecule has 0 radical (unpaired) electrons. The van der Waals surface area contributed by atoms with Gasteiger partial charge < -0.3 is 20.0 Å². The number of hydrogen-bond donors (Lipinski definition) is 1. The van der Waals surface area contributed by atoms with Crippen molar-refractivity contribution in [1.29, 1.82) is 0 Å². The van der Waals surface area contributed by atoms with Crippen LogP contribution in [0.25, 0.3) is 10.9 Å². The second-order valence-corrected chi connectivity index (χ2v) is 12.4. The predicted molar refractivity (Wildman–Crippen MR) is 176 cm³/mol. The van der Waals surface area contributed by atoms with Crippen molar-refractivity contribution in [2.24, 2.45) is 11.8 Å².